The van der Waals surface area contributed by atoms with Gasteiger partial charge >= 0.3 is 11.9 Å². The largest absolute Gasteiger partial charge is 0.491 e. The Morgan fingerprint density at radius 3 is 1.46 bits per heavy atom. The molecule has 328 valence electrons. The number of rotatable bonds is 16. The number of halogens is 1. The zero-order valence-electron chi connectivity index (χ0n) is 34.4. The van der Waals surface area contributed by atoms with E-state index in [2.05, 4.69) is 30.6 Å². The van der Waals surface area contributed by atoms with E-state index in [-0.39, 0.29) is 50.0 Å². The van der Waals surface area contributed by atoms with Gasteiger partial charge in [-0.15, -0.1) is 12.4 Å². The van der Waals surface area contributed by atoms with Crippen molar-refractivity contribution in [1.29, 1.82) is 0 Å². The van der Waals surface area contributed by atoms with Gasteiger partial charge in [0.05, 0.1) is 51.9 Å². The molecule has 6 heterocycles. The van der Waals surface area contributed by atoms with E-state index < -0.39 is 11.9 Å². The van der Waals surface area contributed by atoms with Crippen LogP contribution in [0.1, 0.15) is 57.5 Å². The molecule has 18 nitrogen and oxygen atoms in total. The number of carbonyl (C=O) groups excluding carboxylic acids is 2. The number of carbonyl (C=O) groups is 4. The number of fused-ring (bicyclic) bond motifs is 6. The number of hydrogen-bond acceptors (Lipinski definition) is 16. The van der Waals surface area contributed by atoms with Crippen molar-refractivity contribution in [1.82, 2.24) is 19.8 Å². The summed E-state index contributed by atoms with van der Waals surface area (Å²) in [4.78, 5) is 68.0. The molecule has 4 aromatic rings. The number of anilines is 2. The lowest BCUT2D eigenvalue weighted by Crippen LogP contribution is -2.36. The maximum Gasteiger partial charge on any atom is 0.303 e. The Kier molecular flexibility index (Phi) is 14.9. The van der Waals surface area contributed by atoms with E-state index in [1.54, 1.807) is 48.8 Å². The van der Waals surface area contributed by atoms with Gasteiger partial charge in [0, 0.05) is 85.1 Å². The Hall–Kier alpha value is -7.47. The minimum absolute atomic E-state index is 0. The number of nitrogens with zero attached hydrogens (tertiary/aromatic N) is 6. The fourth-order valence-electron chi connectivity index (χ4n) is 7.07. The number of aromatic nitrogens is 2. The van der Waals surface area contributed by atoms with Gasteiger partial charge in [-0.25, -0.2) is 0 Å². The lowest BCUT2D eigenvalue weighted by atomic mass is 10.1. The third kappa shape index (κ3) is 10.4. The molecule has 2 aromatic carbocycles. The standard InChI is InChI=1S/2C22H22N4O5.ClH/c2*1-30-21-17(31-11-3-5-19(28)29)7-6-15-20(21)25-18(26-10-9-24-22(15)26)12-16(27)14-4-2-8-23-13-14;/h2*2,4,6-8,12-13,25H,3,5,9-11H2,1H3,(H,28,29);1H. The van der Waals surface area contributed by atoms with Gasteiger partial charge in [-0.3, -0.25) is 39.1 Å². The molecule has 0 unspecified atom stereocenters. The van der Waals surface area contributed by atoms with E-state index in [1.165, 1.54) is 38.8 Å². The number of benzene rings is 2. The van der Waals surface area contributed by atoms with Crippen molar-refractivity contribution in [3.05, 3.63) is 119 Å². The van der Waals surface area contributed by atoms with Crippen LogP contribution in [0.2, 0.25) is 0 Å². The SMILES string of the molecule is COc1c(OCCCC(=O)O)ccc2c1NC(=CC(=O)c1cccnc1)N1CCN=C21.COc1c(OCCCC(=O)O)ccc2c1NC(=CC(=O)c1cccnc1)N1CCN=C21.Cl. The first-order valence-corrected chi connectivity index (χ1v) is 19.8. The molecule has 19 heteroatoms. The molecule has 0 amide bonds. The molecule has 0 bridgehead atoms. The first kappa shape index (κ1) is 45.1. The number of ketones is 2. The van der Waals surface area contributed by atoms with Crippen molar-refractivity contribution >= 4 is 59.0 Å². The number of pyridine rings is 2. The number of amidine groups is 2. The van der Waals surface area contributed by atoms with E-state index in [9.17, 15) is 19.2 Å². The van der Waals surface area contributed by atoms with E-state index in [0.29, 0.717) is 96.2 Å². The van der Waals surface area contributed by atoms with E-state index in [0.717, 1.165) is 22.8 Å². The Balaban J connectivity index is 0.000000206. The van der Waals surface area contributed by atoms with E-state index >= 15 is 0 Å². The second-order valence-electron chi connectivity index (χ2n) is 14.0. The summed E-state index contributed by atoms with van der Waals surface area (Å²) in [6.07, 6.45) is 10.2. The van der Waals surface area contributed by atoms with Crippen molar-refractivity contribution in [3.63, 3.8) is 0 Å². The van der Waals surface area contributed by atoms with Gasteiger partial charge in [0.2, 0.25) is 0 Å². The normalized spacial score (nSPS) is 15.3. The number of nitrogens with one attached hydrogen (secondary N) is 2. The second kappa shape index (κ2) is 20.9. The quantitative estimate of drug-likeness (QED) is 0.0618. The lowest BCUT2D eigenvalue weighted by molar-refractivity contribution is -0.138. The van der Waals surface area contributed by atoms with Gasteiger partial charge in [-0.05, 0) is 61.4 Å². The Morgan fingerprint density at radius 2 is 1.10 bits per heavy atom. The van der Waals surface area contributed by atoms with Crippen LogP contribution in [-0.4, -0.2) is 119 Å². The summed E-state index contributed by atoms with van der Waals surface area (Å²) >= 11 is 0. The predicted octanol–water partition coefficient (Wildman–Crippen LogP) is 5.51. The zero-order valence-corrected chi connectivity index (χ0v) is 35.2. The summed E-state index contributed by atoms with van der Waals surface area (Å²) in [7, 11) is 3.07. The smallest absolute Gasteiger partial charge is 0.303 e. The van der Waals surface area contributed by atoms with Crippen molar-refractivity contribution in [2.45, 2.75) is 25.7 Å². The second-order valence-corrected chi connectivity index (χ2v) is 14.0. The number of carboxylic acid groups (broad SMARTS) is 2. The third-order valence-electron chi connectivity index (χ3n) is 9.92. The molecule has 0 spiro atoms. The van der Waals surface area contributed by atoms with Crippen LogP contribution >= 0.6 is 12.4 Å². The summed E-state index contributed by atoms with van der Waals surface area (Å²) in [6, 6.07) is 14.2. The van der Waals surface area contributed by atoms with Gasteiger partial charge in [0.15, 0.2) is 34.6 Å². The van der Waals surface area contributed by atoms with Gasteiger partial charge < -0.3 is 49.6 Å². The summed E-state index contributed by atoms with van der Waals surface area (Å²) in [5, 5.41) is 24.2. The Labute approximate surface area is 368 Å². The predicted molar refractivity (Wildman–Crippen MR) is 235 cm³/mol. The highest BCUT2D eigenvalue weighted by atomic mass is 35.5. The van der Waals surface area contributed by atoms with Gasteiger partial charge in [-0.2, -0.15) is 0 Å². The number of aliphatic carboxylic acids is 2. The van der Waals surface area contributed by atoms with Crippen LogP contribution in [0.15, 0.2) is 107 Å². The van der Waals surface area contributed by atoms with Crippen LogP contribution in [0, 0.1) is 0 Å². The highest BCUT2D eigenvalue weighted by Gasteiger charge is 2.34. The molecule has 0 aliphatic carbocycles. The molecule has 0 fully saturated rings. The molecule has 2 aromatic heterocycles. The van der Waals surface area contributed by atoms with Crippen LogP contribution in [-0.2, 0) is 9.59 Å². The van der Waals surface area contributed by atoms with Gasteiger partial charge in [-0.1, -0.05) is 0 Å². The average molecular weight is 881 g/mol. The van der Waals surface area contributed by atoms with E-state index in [4.69, 9.17) is 29.2 Å². The molecule has 0 saturated carbocycles. The molecule has 8 rings (SSSR count). The van der Waals surface area contributed by atoms with Crippen molar-refractivity contribution in [2.75, 3.05) is 64.2 Å². The fourth-order valence-corrected chi connectivity index (χ4v) is 7.07. The van der Waals surface area contributed by atoms with Crippen LogP contribution in [0.4, 0.5) is 11.4 Å². The van der Waals surface area contributed by atoms with Crippen LogP contribution < -0.4 is 29.6 Å². The molecular weight excluding hydrogens is 836 g/mol. The Bertz CT molecular complexity index is 2310. The summed E-state index contributed by atoms with van der Waals surface area (Å²) in [5.41, 5.74) is 3.97. The van der Waals surface area contributed by atoms with Crippen LogP contribution in [0.3, 0.4) is 0 Å². The topological polar surface area (TPSA) is 227 Å². The lowest BCUT2D eigenvalue weighted by Gasteiger charge is -2.32. The molecule has 4 aliphatic rings. The third-order valence-corrected chi connectivity index (χ3v) is 9.92. The van der Waals surface area contributed by atoms with Crippen molar-refractivity contribution in [2.24, 2.45) is 9.98 Å². The molecule has 4 N–H and O–H groups in total. The molecular formula is C44H45ClN8O10. The molecule has 0 saturated heterocycles. The number of hydrogen-bond donors (Lipinski definition) is 4. The minimum atomic E-state index is -0.866. The van der Waals surface area contributed by atoms with E-state index in [1.807, 2.05) is 21.9 Å². The van der Waals surface area contributed by atoms with Crippen molar-refractivity contribution < 1.29 is 48.3 Å². The highest BCUT2D eigenvalue weighted by molar-refractivity contribution is 6.12. The maximum absolute atomic E-state index is 12.7. The summed E-state index contributed by atoms with van der Waals surface area (Å²) in [5.74, 6) is 2.56. The van der Waals surface area contributed by atoms with Crippen LogP contribution in [0.25, 0.3) is 0 Å². The average Bonchev–Trinajstić information content (AvgIpc) is 3.99. The Morgan fingerprint density at radius 1 is 0.667 bits per heavy atom. The summed E-state index contributed by atoms with van der Waals surface area (Å²) in [6.45, 7) is 3.04. The van der Waals surface area contributed by atoms with Gasteiger partial charge in [0.1, 0.15) is 23.3 Å². The first-order valence-electron chi connectivity index (χ1n) is 19.8. The number of allylic oxidation sites excluding steroid dienone is 2. The number of methoxy groups -OCH3 is 2. The fraction of sp³-hybridized carbons (Fsp3) is 0.273. The zero-order chi connectivity index (χ0) is 43.6. The van der Waals surface area contributed by atoms with Crippen LogP contribution in [0.5, 0.6) is 23.0 Å². The number of ether oxygens (including phenoxy) is 4. The summed E-state index contributed by atoms with van der Waals surface area (Å²) < 4.78 is 22.7. The highest BCUT2D eigenvalue weighted by Crippen LogP contribution is 2.44. The van der Waals surface area contributed by atoms with Gasteiger partial charge in [0.25, 0.3) is 0 Å². The monoisotopic (exact) mass is 880 g/mol. The molecule has 63 heavy (non-hydrogen) atoms. The molecule has 0 atom stereocenters. The maximum atomic E-state index is 12.7. The minimum Gasteiger partial charge on any atom is -0.491 e. The number of carboxylic acids is 2. The number of aliphatic imine (C=N–C) groups is 2. The molecule has 0 radical (unpaired) electrons. The first-order chi connectivity index (χ1) is 30.2. The van der Waals surface area contributed by atoms with Crippen molar-refractivity contribution in [3.8, 4) is 23.0 Å². The molecule has 4 aliphatic heterocycles.